The summed E-state index contributed by atoms with van der Waals surface area (Å²) in [7, 11) is 1.20. The van der Waals surface area contributed by atoms with Crippen molar-refractivity contribution in [1.82, 2.24) is 5.32 Å². The number of hydrogen-bond acceptors (Lipinski definition) is 6. The van der Waals surface area contributed by atoms with Gasteiger partial charge in [-0.2, -0.15) is 0 Å². The van der Waals surface area contributed by atoms with Crippen molar-refractivity contribution < 1.29 is 29.0 Å². The number of benzene rings is 3. The Bertz CT molecular complexity index is 1170. The summed E-state index contributed by atoms with van der Waals surface area (Å²) < 4.78 is 10.1. The molecule has 2 N–H and O–H groups in total. The molecule has 3 rings (SSSR count). The molecule has 7 nitrogen and oxygen atoms in total. The largest absolute Gasteiger partial charge is 0.505 e. The minimum absolute atomic E-state index is 0.151. The summed E-state index contributed by atoms with van der Waals surface area (Å²) in [6, 6.07) is 17.1. The van der Waals surface area contributed by atoms with Crippen LogP contribution in [-0.4, -0.2) is 36.1 Å². The first-order chi connectivity index (χ1) is 15.8. The number of phenolic OH excluding ortho intramolecular Hbond substituents is 1. The SMILES string of the molecule is COC(=O)[C@@H](Cc1ccccc1)NC(=O)c1cc(Cl)c(O)c(Cl)c1OC(=O)c1ccccc1. The fraction of sp³-hybridized carbons (Fsp3) is 0.125. The molecule has 3 aromatic rings. The molecule has 1 amide bonds. The summed E-state index contributed by atoms with van der Waals surface area (Å²) in [5.74, 6) is -3.23. The number of aromatic hydroxyl groups is 1. The first kappa shape index (κ1) is 24.1. The molecule has 0 aromatic heterocycles. The van der Waals surface area contributed by atoms with Gasteiger partial charge in [0.1, 0.15) is 11.1 Å². The van der Waals surface area contributed by atoms with Gasteiger partial charge < -0.3 is 19.9 Å². The minimum atomic E-state index is -1.05. The molecule has 0 aliphatic heterocycles. The third-order valence-electron chi connectivity index (χ3n) is 4.67. The van der Waals surface area contributed by atoms with Crippen LogP contribution < -0.4 is 10.1 Å². The van der Waals surface area contributed by atoms with E-state index in [4.69, 9.17) is 32.7 Å². The van der Waals surface area contributed by atoms with Gasteiger partial charge in [-0.05, 0) is 23.8 Å². The highest BCUT2D eigenvalue weighted by molar-refractivity contribution is 6.39. The Balaban J connectivity index is 1.93. The lowest BCUT2D eigenvalue weighted by atomic mass is 10.1. The summed E-state index contributed by atoms with van der Waals surface area (Å²) in [4.78, 5) is 38.0. The molecule has 0 aliphatic carbocycles. The molecular formula is C24H19Cl2NO6. The third-order valence-corrected chi connectivity index (χ3v) is 5.31. The number of ether oxygens (including phenoxy) is 2. The Morgan fingerprint density at radius 1 is 1.00 bits per heavy atom. The van der Waals surface area contributed by atoms with E-state index in [9.17, 15) is 19.5 Å². The van der Waals surface area contributed by atoms with Crippen LogP contribution in [0.4, 0.5) is 0 Å². The predicted molar refractivity (Wildman–Crippen MR) is 123 cm³/mol. The highest BCUT2D eigenvalue weighted by atomic mass is 35.5. The number of phenols is 1. The number of methoxy groups -OCH3 is 1. The lowest BCUT2D eigenvalue weighted by molar-refractivity contribution is -0.142. The van der Waals surface area contributed by atoms with E-state index in [0.717, 1.165) is 11.6 Å². The molecule has 0 aliphatic rings. The van der Waals surface area contributed by atoms with E-state index in [1.54, 1.807) is 42.5 Å². The predicted octanol–water partition coefficient (Wildman–Crippen LogP) is 4.43. The summed E-state index contributed by atoms with van der Waals surface area (Å²) in [5.41, 5.74) is 0.741. The Morgan fingerprint density at radius 3 is 2.21 bits per heavy atom. The van der Waals surface area contributed by atoms with Crippen molar-refractivity contribution in [1.29, 1.82) is 0 Å². The van der Waals surface area contributed by atoms with Gasteiger partial charge in [0.25, 0.3) is 5.91 Å². The van der Waals surface area contributed by atoms with Crippen molar-refractivity contribution >= 4 is 41.0 Å². The van der Waals surface area contributed by atoms with E-state index in [2.05, 4.69) is 5.32 Å². The van der Waals surface area contributed by atoms with E-state index in [0.29, 0.717) is 0 Å². The maximum absolute atomic E-state index is 13.1. The van der Waals surface area contributed by atoms with Crippen LogP contribution in [0.15, 0.2) is 66.7 Å². The average molecular weight is 488 g/mol. The lowest BCUT2D eigenvalue weighted by Crippen LogP contribution is -2.43. The number of amides is 1. The van der Waals surface area contributed by atoms with Crippen LogP contribution in [0.25, 0.3) is 0 Å². The molecule has 0 heterocycles. The number of carbonyl (C=O) groups is 3. The van der Waals surface area contributed by atoms with E-state index >= 15 is 0 Å². The molecule has 170 valence electrons. The Labute approximate surface area is 199 Å². The van der Waals surface area contributed by atoms with Crippen molar-refractivity contribution in [3.63, 3.8) is 0 Å². The summed E-state index contributed by atoms with van der Waals surface area (Å²) >= 11 is 12.2. The van der Waals surface area contributed by atoms with Crippen molar-refractivity contribution in [3.05, 3.63) is 93.5 Å². The number of carbonyl (C=O) groups excluding carboxylic acids is 3. The van der Waals surface area contributed by atoms with Gasteiger partial charge in [-0.1, -0.05) is 71.7 Å². The molecule has 0 fully saturated rings. The quantitative estimate of drug-likeness (QED) is 0.377. The second-order valence-corrected chi connectivity index (χ2v) is 7.68. The maximum Gasteiger partial charge on any atom is 0.343 e. The van der Waals surface area contributed by atoms with Crippen LogP contribution in [0.1, 0.15) is 26.3 Å². The molecule has 9 heteroatoms. The number of halogens is 2. The molecule has 0 bridgehead atoms. The normalized spacial score (nSPS) is 11.4. The monoisotopic (exact) mass is 487 g/mol. The third kappa shape index (κ3) is 5.83. The minimum Gasteiger partial charge on any atom is -0.505 e. The van der Waals surface area contributed by atoms with Crippen molar-refractivity contribution in [2.24, 2.45) is 0 Å². The second-order valence-electron chi connectivity index (χ2n) is 6.89. The Morgan fingerprint density at radius 2 is 1.61 bits per heavy atom. The van der Waals surface area contributed by atoms with Gasteiger partial charge in [0.05, 0.1) is 23.3 Å². The molecule has 0 radical (unpaired) electrons. The smallest absolute Gasteiger partial charge is 0.343 e. The fourth-order valence-electron chi connectivity index (χ4n) is 3.01. The lowest BCUT2D eigenvalue weighted by Gasteiger charge is -2.19. The van der Waals surface area contributed by atoms with Crippen molar-refractivity contribution in [2.45, 2.75) is 12.5 Å². The van der Waals surface area contributed by atoms with Gasteiger partial charge in [0, 0.05) is 6.42 Å². The first-order valence-electron chi connectivity index (χ1n) is 9.72. The van der Waals surface area contributed by atoms with Gasteiger partial charge >= 0.3 is 11.9 Å². The molecule has 0 unspecified atom stereocenters. The molecule has 0 spiro atoms. The van der Waals surface area contributed by atoms with Crippen LogP contribution in [0.2, 0.25) is 10.0 Å². The van der Waals surface area contributed by atoms with Crippen LogP contribution in [-0.2, 0) is 16.0 Å². The van der Waals surface area contributed by atoms with Gasteiger partial charge in [-0.3, -0.25) is 4.79 Å². The average Bonchev–Trinajstić information content (AvgIpc) is 2.84. The molecule has 1 atom stereocenters. The van der Waals surface area contributed by atoms with E-state index in [1.807, 2.05) is 6.07 Å². The van der Waals surface area contributed by atoms with Gasteiger partial charge in [0.15, 0.2) is 11.5 Å². The molecule has 3 aromatic carbocycles. The molecule has 0 saturated carbocycles. The molecular weight excluding hydrogens is 469 g/mol. The second kappa shape index (κ2) is 10.8. The maximum atomic E-state index is 13.1. The number of nitrogens with one attached hydrogen (secondary N) is 1. The van der Waals surface area contributed by atoms with Crippen LogP contribution in [0, 0.1) is 0 Å². The summed E-state index contributed by atoms with van der Waals surface area (Å²) in [6.45, 7) is 0. The van der Waals surface area contributed by atoms with Gasteiger partial charge in [-0.15, -0.1) is 0 Å². The Hall–Kier alpha value is -3.55. The van der Waals surface area contributed by atoms with E-state index < -0.39 is 40.4 Å². The topological polar surface area (TPSA) is 102 Å². The zero-order valence-corrected chi connectivity index (χ0v) is 18.9. The van der Waals surface area contributed by atoms with E-state index in [-0.39, 0.29) is 22.6 Å². The summed E-state index contributed by atoms with van der Waals surface area (Å²) in [6.07, 6.45) is 0.151. The van der Waals surface area contributed by atoms with Gasteiger partial charge in [-0.25, -0.2) is 9.59 Å². The highest BCUT2D eigenvalue weighted by Crippen LogP contribution is 2.42. The number of rotatable bonds is 7. The van der Waals surface area contributed by atoms with Gasteiger partial charge in [0.2, 0.25) is 0 Å². The number of esters is 2. The van der Waals surface area contributed by atoms with E-state index in [1.165, 1.54) is 19.2 Å². The van der Waals surface area contributed by atoms with Crippen LogP contribution in [0.3, 0.4) is 0 Å². The fourth-order valence-corrected chi connectivity index (χ4v) is 3.50. The zero-order chi connectivity index (χ0) is 24.0. The summed E-state index contributed by atoms with van der Waals surface area (Å²) in [5, 5.41) is 12.0. The van der Waals surface area contributed by atoms with Crippen LogP contribution in [0.5, 0.6) is 11.5 Å². The van der Waals surface area contributed by atoms with Crippen molar-refractivity contribution in [3.8, 4) is 11.5 Å². The molecule has 0 saturated heterocycles. The van der Waals surface area contributed by atoms with Crippen molar-refractivity contribution in [2.75, 3.05) is 7.11 Å². The zero-order valence-electron chi connectivity index (χ0n) is 17.4. The Kier molecular flexibility index (Phi) is 7.92. The highest BCUT2D eigenvalue weighted by Gasteiger charge is 2.28. The van der Waals surface area contributed by atoms with Crippen LogP contribution >= 0.6 is 23.2 Å². The number of hydrogen-bond donors (Lipinski definition) is 2. The molecule has 33 heavy (non-hydrogen) atoms. The standard InChI is InChI=1S/C24H19Cl2NO6/c1-32-24(31)18(12-14-8-4-2-5-9-14)27-22(29)16-13-17(25)20(28)19(26)21(16)33-23(30)15-10-6-3-7-11-15/h2-11,13,18,28H,12H2,1H3,(H,27,29)/t18-/m1/s1. The first-order valence-corrected chi connectivity index (χ1v) is 10.5.